The highest BCUT2D eigenvalue weighted by atomic mass is 15.2. The molecule has 0 fully saturated rings. The van der Waals surface area contributed by atoms with E-state index >= 15 is 0 Å². The quantitative estimate of drug-likeness (QED) is 0.387. The van der Waals surface area contributed by atoms with Gasteiger partial charge in [0, 0.05) is 44.0 Å². The van der Waals surface area contributed by atoms with Crippen LogP contribution in [-0.2, 0) is 12.8 Å². The highest BCUT2D eigenvalue weighted by Crippen LogP contribution is 2.05. The van der Waals surface area contributed by atoms with Crippen LogP contribution in [0.2, 0.25) is 0 Å². The van der Waals surface area contributed by atoms with Crippen LogP contribution in [-0.4, -0.2) is 38.6 Å². The average Bonchev–Trinajstić information content (AvgIpc) is 3.03. The van der Waals surface area contributed by atoms with Crippen LogP contribution in [0.3, 0.4) is 0 Å². The number of aryl methyl sites for hydroxylation is 1. The van der Waals surface area contributed by atoms with Crippen molar-refractivity contribution in [2.24, 2.45) is 10.7 Å². The lowest BCUT2D eigenvalue weighted by Gasteiger charge is -2.05. The molecule has 0 bridgehead atoms. The summed E-state index contributed by atoms with van der Waals surface area (Å²) in [5.74, 6) is 1.42. The lowest BCUT2D eigenvalue weighted by atomic mass is 10.3. The Labute approximate surface area is 140 Å². The van der Waals surface area contributed by atoms with E-state index in [1.54, 1.807) is 6.20 Å². The van der Waals surface area contributed by atoms with Gasteiger partial charge in [0.05, 0.1) is 0 Å². The molecule has 0 amide bonds. The van der Waals surface area contributed by atoms with Crippen LogP contribution in [0.15, 0.2) is 53.8 Å². The number of fused-ring (bicyclic) bond motifs is 1. The SMILES string of the molecule is NC(=NCCCc1nnc2ccccn12)NCCc1ccccn1. The molecule has 124 valence electrons. The number of aromatic nitrogens is 4. The number of guanidine groups is 1. The maximum atomic E-state index is 5.87. The molecule has 3 N–H and O–H groups in total. The van der Waals surface area contributed by atoms with Gasteiger partial charge in [0.25, 0.3) is 0 Å². The fourth-order valence-corrected chi connectivity index (χ4v) is 2.42. The first-order valence-corrected chi connectivity index (χ1v) is 8.05. The molecule has 0 saturated carbocycles. The molecule has 0 aromatic carbocycles. The van der Waals surface area contributed by atoms with E-state index in [1.165, 1.54) is 0 Å². The molecular formula is C17H21N7. The summed E-state index contributed by atoms with van der Waals surface area (Å²) in [5, 5.41) is 11.5. The van der Waals surface area contributed by atoms with E-state index in [4.69, 9.17) is 5.73 Å². The van der Waals surface area contributed by atoms with Gasteiger partial charge in [-0.25, -0.2) is 0 Å². The lowest BCUT2D eigenvalue weighted by Crippen LogP contribution is -2.33. The van der Waals surface area contributed by atoms with Gasteiger partial charge in [-0.2, -0.15) is 0 Å². The van der Waals surface area contributed by atoms with Gasteiger partial charge in [0.15, 0.2) is 11.6 Å². The standard InChI is InChI=1S/C17H21N7/c18-17(21-12-9-14-6-1-3-10-19-14)20-11-5-8-16-23-22-15-7-2-4-13-24(15)16/h1-4,6-7,10,13H,5,8-9,11-12H2,(H3,18,20,21). The number of nitrogens with two attached hydrogens (primary N) is 1. The summed E-state index contributed by atoms with van der Waals surface area (Å²) in [4.78, 5) is 8.61. The summed E-state index contributed by atoms with van der Waals surface area (Å²) < 4.78 is 2.00. The Balaban J connectivity index is 1.39. The van der Waals surface area contributed by atoms with Crippen LogP contribution in [0.1, 0.15) is 17.9 Å². The molecule has 3 aromatic rings. The van der Waals surface area contributed by atoms with Gasteiger partial charge in [-0.1, -0.05) is 12.1 Å². The maximum Gasteiger partial charge on any atom is 0.188 e. The van der Waals surface area contributed by atoms with Crippen LogP contribution in [0, 0.1) is 0 Å². The van der Waals surface area contributed by atoms with Crippen LogP contribution in [0.5, 0.6) is 0 Å². The molecule has 3 aromatic heterocycles. The first kappa shape index (κ1) is 15.9. The molecule has 0 aliphatic heterocycles. The summed E-state index contributed by atoms with van der Waals surface area (Å²) >= 11 is 0. The first-order valence-electron chi connectivity index (χ1n) is 8.05. The largest absolute Gasteiger partial charge is 0.370 e. The second kappa shape index (κ2) is 8.05. The topological polar surface area (TPSA) is 93.5 Å². The Morgan fingerprint density at radius 2 is 2.04 bits per heavy atom. The van der Waals surface area contributed by atoms with E-state index in [9.17, 15) is 0 Å². The minimum absolute atomic E-state index is 0.469. The number of hydrogen-bond donors (Lipinski definition) is 2. The summed E-state index contributed by atoms with van der Waals surface area (Å²) in [6.07, 6.45) is 6.28. The number of pyridine rings is 2. The monoisotopic (exact) mass is 323 g/mol. The van der Waals surface area contributed by atoms with E-state index in [2.05, 4.69) is 25.5 Å². The summed E-state index contributed by atoms with van der Waals surface area (Å²) in [6.45, 7) is 1.38. The molecule has 7 nitrogen and oxygen atoms in total. The van der Waals surface area contributed by atoms with E-state index < -0.39 is 0 Å². The Morgan fingerprint density at radius 3 is 2.92 bits per heavy atom. The van der Waals surface area contributed by atoms with Crippen molar-refractivity contribution >= 4 is 11.6 Å². The maximum absolute atomic E-state index is 5.87. The van der Waals surface area contributed by atoms with E-state index in [1.807, 2.05) is 47.0 Å². The summed E-state index contributed by atoms with van der Waals surface area (Å²) in [5.41, 5.74) is 7.78. The third kappa shape index (κ3) is 4.28. The van der Waals surface area contributed by atoms with Crippen LogP contribution in [0.4, 0.5) is 0 Å². The van der Waals surface area contributed by atoms with Gasteiger partial charge in [-0.3, -0.25) is 14.4 Å². The van der Waals surface area contributed by atoms with Crippen molar-refractivity contribution in [1.29, 1.82) is 0 Å². The molecule has 3 rings (SSSR count). The van der Waals surface area contributed by atoms with Gasteiger partial charge >= 0.3 is 0 Å². The third-order valence-corrected chi connectivity index (χ3v) is 3.64. The molecule has 0 aliphatic carbocycles. The number of nitrogens with one attached hydrogen (secondary N) is 1. The molecule has 0 atom stereocenters. The zero-order valence-electron chi connectivity index (χ0n) is 13.5. The van der Waals surface area contributed by atoms with E-state index in [0.29, 0.717) is 12.5 Å². The first-order chi connectivity index (χ1) is 11.8. The Hall–Kier alpha value is -2.96. The lowest BCUT2D eigenvalue weighted by molar-refractivity contribution is 0.761. The molecule has 24 heavy (non-hydrogen) atoms. The van der Waals surface area contributed by atoms with Crippen LogP contribution < -0.4 is 11.1 Å². The van der Waals surface area contributed by atoms with Crippen LogP contribution >= 0.6 is 0 Å². The van der Waals surface area contributed by atoms with E-state index in [-0.39, 0.29) is 0 Å². The van der Waals surface area contributed by atoms with Crippen molar-refractivity contribution in [3.63, 3.8) is 0 Å². The van der Waals surface area contributed by atoms with Crippen molar-refractivity contribution in [1.82, 2.24) is 24.9 Å². The van der Waals surface area contributed by atoms with Crippen molar-refractivity contribution < 1.29 is 0 Å². The number of rotatable bonds is 7. The minimum Gasteiger partial charge on any atom is -0.370 e. The van der Waals surface area contributed by atoms with E-state index in [0.717, 1.165) is 43.0 Å². The average molecular weight is 323 g/mol. The van der Waals surface area contributed by atoms with Gasteiger partial charge in [0.2, 0.25) is 0 Å². The molecule has 0 spiro atoms. The minimum atomic E-state index is 0.469. The zero-order chi connectivity index (χ0) is 16.6. The molecule has 0 radical (unpaired) electrons. The second-order valence-corrected chi connectivity index (χ2v) is 5.41. The normalized spacial score (nSPS) is 11.8. The van der Waals surface area contributed by atoms with Crippen molar-refractivity contribution in [2.75, 3.05) is 13.1 Å². The predicted molar refractivity (Wildman–Crippen MR) is 93.7 cm³/mol. The second-order valence-electron chi connectivity index (χ2n) is 5.41. The van der Waals surface area contributed by atoms with Gasteiger partial charge < -0.3 is 11.1 Å². The van der Waals surface area contributed by atoms with Crippen molar-refractivity contribution in [3.05, 3.63) is 60.3 Å². The number of nitrogens with zero attached hydrogens (tertiary/aromatic N) is 5. The van der Waals surface area contributed by atoms with Gasteiger partial charge in [-0.05, 0) is 30.7 Å². The highest BCUT2D eigenvalue weighted by molar-refractivity contribution is 5.77. The molecular weight excluding hydrogens is 302 g/mol. The van der Waals surface area contributed by atoms with Gasteiger partial charge in [0.1, 0.15) is 5.82 Å². The Bertz CT molecular complexity index is 795. The fourth-order valence-electron chi connectivity index (χ4n) is 2.42. The van der Waals surface area contributed by atoms with Crippen molar-refractivity contribution in [2.45, 2.75) is 19.3 Å². The smallest absolute Gasteiger partial charge is 0.188 e. The number of aliphatic imine (C=N–C) groups is 1. The zero-order valence-corrected chi connectivity index (χ0v) is 13.5. The molecule has 3 heterocycles. The molecule has 0 unspecified atom stereocenters. The fraction of sp³-hybridized carbons (Fsp3) is 0.294. The summed E-state index contributed by atoms with van der Waals surface area (Å²) in [6, 6.07) is 11.8. The molecule has 0 saturated heterocycles. The van der Waals surface area contributed by atoms with Crippen molar-refractivity contribution in [3.8, 4) is 0 Å². The number of hydrogen-bond acceptors (Lipinski definition) is 4. The summed E-state index contributed by atoms with van der Waals surface area (Å²) in [7, 11) is 0. The van der Waals surface area contributed by atoms with Crippen LogP contribution in [0.25, 0.3) is 5.65 Å². The Kier molecular flexibility index (Phi) is 5.34. The highest BCUT2D eigenvalue weighted by Gasteiger charge is 2.03. The Morgan fingerprint density at radius 1 is 1.12 bits per heavy atom. The molecule has 7 heteroatoms. The predicted octanol–water partition coefficient (Wildman–Crippen LogP) is 1.20. The van der Waals surface area contributed by atoms with Gasteiger partial charge in [-0.15, -0.1) is 10.2 Å². The third-order valence-electron chi connectivity index (χ3n) is 3.64. The molecule has 0 aliphatic rings.